The van der Waals surface area contributed by atoms with Crippen LogP contribution in [-0.2, 0) is 11.3 Å². The minimum atomic E-state index is -2.78. The Morgan fingerprint density at radius 2 is 1.89 bits per heavy atom. The summed E-state index contributed by atoms with van der Waals surface area (Å²) < 4.78 is 29.0. The van der Waals surface area contributed by atoms with E-state index >= 15 is 0 Å². The number of alkyl halides is 2. The SMILES string of the molecule is Cc1cc(C(C)(C)C)ccc1C(F)(F)C1CCCN1. The third-order valence-electron chi connectivity index (χ3n) is 3.95. The molecule has 3 heteroatoms. The van der Waals surface area contributed by atoms with E-state index in [1.54, 1.807) is 13.0 Å². The van der Waals surface area contributed by atoms with E-state index in [1.807, 2.05) is 12.1 Å². The molecule has 1 unspecified atom stereocenters. The van der Waals surface area contributed by atoms with Crippen LogP contribution in [0.4, 0.5) is 8.78 Å². The van der Waals surface area contributed by atoms with Crippen LogP contribution < -0.4 is 5.32 Å². The van der Waals surface area contributed by atoms with Crippen molar-refractivity contribution in [2.45, 2.75) is 57.9 Å². The highest BCUT2D eigenvalue weighted by atomic mass is 19.3. The van der Waals surface area contributed by atoms with E-state index in [-0.39, 0.29) is 11.0 Å². The second-order valence-corrected chi connectivity index (χ2v) is 6.55. The first-order valence-electron chi connectivity index (χ1n) is 6.96. The Labute approximate surface area is 114 Å². The topological polar surface area (TPSA) is 12.0 Å². The Morgan fingerprint density at radius 3 is 2.37 bits per heavy atom. The minimum absolute atomic E-state index is 0.00974. The lowest BCUT2D eigenvalue weighted by Gasteiger charge is -2.27. The highest BCUT2D eigenvalue weighted by molar-refractivity contribution is 5.37. The molecule has 0 radical (unpaired) electrons. The van der Waals surface area contributed by atoms with E-state index in [4.69, 9.17) is 0 Å². The van der Waals surface area contributed by atoms with Gasteiger partial charge in [0.05, 0.1) is 6.04 Å². The van der Waals surface area contributed by atoms with Gasteiger partial charge in [0.2, 0.25) is 0 Å². The van der Waals surface area contributed by atoms with Crippen LogP contribution >= 0.6 is 0 Å². The molecule has 0 saturated carbocycles. The molecule has 1 atom stereocenters. The Balaban J connectivity index is 2.35. The molecule has 0 amide bonds. The maximum Gasteiger partial charge on any atom is 0.288 e. The summed E-state index contributed by atoms with van der Waals surface area (Å²) >= 11 is 0. The highest BCUT2D eigenvalue weighted by Crippen LogP contribution is 2.38. The molecule has 1 aromatic rings. The van der Waals surface area contributed by atoms with Crippen LogP contribution in [0, 0.1) is 6.92 Å². The molecule has 2 rings (SSSR count). The molecule has 1 aromatic carbocycles. The van der Waals surface area contributed by atoms with Crippen LogP contribution in [0.5, 0.6) is 0 Å². The molecule has 0 aliphatic carbocycles. The van der Waals surface area contributed by atoms with E-state index < -0.39 is 12.0 Å². The molecule has 0 spiro atoms. The number of benzene rings is 1. The summed E-state index contributed by atoms with van der Waals surface area (Å²) in [6.45, 7) is 8.77. The Morgan fingerprint density at radius 1 is 1.21 bits per heavy atom. The van der Waals surface area contributed by atoms with Crippen LogP contribution in [0.3, 0.4) is 0 Å². The third kappa shape index (κ3) is 2.81. The van der Waals surface area contributed by atoms with Gasteiger partial charge in [0.25, 0.3) is 5.92 Å². The predicted octanol–water partition coefficient (Wildman–Crippen LogP) is 4.14. The van der Waals surface area contributed by atoms with Gasteiger partial charge in [-0.25, -0.2) is 0 Å². The van der Waals surface area contributed by atoms with Crippen molar-refractivity contribution in [2.24, 2.45) is 0 Å². The summed E-state index contributed by atoms with van der Waals surface area (Å²) in [5.74, 6) is -2.78. The van der Waals surface area contributed by atoms with Crippen molar-refractivity contribution in [1.82, 2.24) is 5.32 Å². The van der Waals surface area contributed by atoms with Gasteiger partial charge in [0.15, 0.2) is 0 Å². The first-order valence-corrected chi connectivity index (χ1v) is 6.96. The molecule has 1 heterocycles. The first kappa shape index (κ1) is 14.4. The Hall–Kier alpha value is -0.960. The zero-order chi connectivity index (χ0) is 14.3. The molecule has 0 bridgehead atoms. The number of rotatable bonds is 2. The van der Waals surface area contributed by atoms with E-state index in [1.165, 1.54) is 0 Å². The van der Waals surface area contributed by atoms with Gasteiger partial charge in [-0.15, -0.1) is 0 Å². The maximum absolute atomic E-state index is 14.5. The van der Waals surface area contributed by atoms with E-state index in [0.29, 0.717) is 18.5 Å². The molecule has 106 valence electrons. The van der Waals surface area contributed by atoms with Gasteiger partial charge in [0, 0.05) is 5.56 Å². The van der Waals surface area contributed by atoms with Gasteiger partial charge in [-0.05, 0) is 42.9 Å². The van der Waals surface area contributed by atoms with E-state index in [9.17, 15) is 8.78 Å². The summed E-state index contributed by atoms with van der Waals surface area (Å²) in [5.41, 5.74) is 1.94. The van der Waals surface area contributed by atoms with Gasteiger partial charge in [0.1, 0.15) is 0 Å². The summed E-state index contributed by atoms with van der Waals surface area (Å²) in [6, 6.07) is 4.63. The number of hydrogen-bond donors (Lipinski definition) is 1. The van der Waals surface area contributed by atoms with Crippen LogP contribution in [0.25, 0.3) is 0 Å². The zero-order valence-electron chi connectivity index (χ0n) is 12.2. The van der Waals surface area contributed by atoms with Crippen molar-refractivity contribution in [1.29, 1.82) is 0 Å². The number of hydrogen-bond acceptors (Lipinski definition) is 1. The smallest absolute Gasteiger partial charge is 0.288 e. The number of nitrogens with one attached hydrogen (secondary N) is 1. The van der Waals surface area contributed by atoms with Crippen molar-refractivity contribution >= 4 is 0 Å². The average molecular weight is 267 g/mol. The second-order valence-electron chi connectivity index (χ2n) is 6.55. The molecule has 1 aliphatic heterocycles. The first-order chi connectivity index (χ1) is 8.73. The van der Waals surface area contributed by atoms with Crippen molar-refractivity contribution in [3.8, 4) is 0 Å². The summed E-state index contributed by atoms with van der Waals surface area (Å²) in [5, 5.41) is 2.92. The summed E-state index contributed by atoms with van der Waals surface area (Å²) in [4.78, 5) is 0. The quantitative estimate of drug-likeness (QED) is 0.849. The van der Waals surface area contributed by atoms with Crippen LogP contribution in [-0.4, -0.2) is 12.6 Å². The van der Waals surface area contributed by atoms with Gasteiger partial charge in [-0.3, -0.25) is 0 Å². The van der Waals surface area contributed by atoms with Crippen molar-refractivity contribution in [2.75, 3.05) is 6.54 Å². The fraction of sp³-hybridized carbons (Fsp3) is 0.625. The maximum atomic E-state index is 14.5. The molecule has 19 heavy (non-hydrogen) atoms. The fourth-order valence-corrected chi connectivity index (χ4v) is 2.69. The zero-order valence-corrected chi connectivity index (χ0v) is 12.2. The second kappa shape index (κ2) is 4.86. The van der Waals surface area contributed by atoms with Gasteiger partial charge in [-0.1, -0.05) is 39.0 Å². The van der Waals surface area contributed by atoms with Gasteiger partial charge < -0.3 is 5.32 Å². The molecule has 1 N–H and O–H groups in total. The largest absolute Gasteiger partial charge is 0.308 e. The standard InChI is InChI=1S/C16H23F2N/c1-11-10-12(15(2,3)4)7-8-13(11)16(17,18)14-6-5-9-19-14/h7-8,10,14,19H,5-6,9H2,1-4H3. The minimum Gasteiger partial charge on any atom is -0.308 e. The number of aryl methyl sites for hydroxylation is 1. The lowest BCUT2D eigenvalue weighted by Crippen LogP contribution is -2.39. The van der Waals surface area contributed by atoms with Gasteiger partial charge >= 0.3 is 0 Å². The van der Waals surface area contributed by atoms with Crippen LogP contribution in [0.1, 0.15) is 50.3 Å². The van der Waals surface area contributed by atoms with Crippen LogP contribution in [0.15, 0.2) is 18.2 Å². The molecular weight excluding hydrogens is 244 g/mol. The van der Waals surface area contributed by atoms with Crippen molar-refractivity contribution in [3.63, 3.8) is 0 Å². The number of halogens is 2. The predicted molar refractivity (Wildman–Crippen MR) is 74.8 cm³/mol. The molecule has 1 saturated heterocycles. The monoisotopic (exact) mass is 267 g/mol. The van der Waals surface area contributed by atoms with Crippen LogP contribution in [0.2, 0.25) is 0 Å². The molecule has 1 aliphatic rings. The fourth-order valence-electron chi connectivity index (χ4n) is 2.69. The molecule has 1 fully saturated rings. The van der Waals surface area contributed by atoms with Crippen molar-refractivity contribution in [3.05, 3.63) is 34.9 Å². The lowest BCUT2D eigenvalue weighted by atomic mass is 9.84. The summed E-state index contributed by atoms with van der Waals surface area (Å²) in [7, 11) is 0. The Bertz CT molecular complexity index is 454. The third-order valence-corrected chi connectivity index (χ3v) is 3.95. The molecular formula is C16H23F2N. The average Bonchev–Trinajstić information content (AvgIpc) is 2.81. The lowest BCUT2D eigenvalue weighted by molar-refractivity contribution is -0.0382. The molecule has 0 aromatic heterocycles. The van der Waals surface area contributed by atoms with E-state index in [0.717, 1.165) is 12.0 Å². The normalized spacial score (nSPS) is 20.8. The highest BCUT2D eigenvalue weighted by Gasteiger charge is 2.43. The van der Waals surface area contributed by atoms with Gasteiger partial charge in [-0.2, -0.15) is 8.78 Å². The van der Waals surface area contributed by atoms with E-state index in [2.05, 4.69) is 26.1 Å². The Kier molecular flexibility index (Phi) is 3.69. The summed E-state index contributed by atoms with van der Waals surface area (Å²) in [6.07, 6.45) is 1.38. The van der Waals surface area contributed by atoms with Crippen molar-refractivity contribution < 1.29 is 8.78 Å². The molecule has 1 nitrogen and oxygen atoms in total.